The molecule has 0 bridgehead atoms. The van der Waals surface area contributed by atoms with E-state index in [0.717, 1.165) is 11.2 Å². The first-order chi connectivity index (χ1) is 11.6. The second kappa shape index (κ2) is 6.80. The average molecular weight is 324 g/mol. The van der Waals surface area contributed by atoms with Crippen molar-refractivity contribution in [3.8, 4) is 0 Å². The smallest absolute Gasteiger partial charge is 0.255 e. The van der Waals surface area contributed by atoms with Crippen molar-refractivity contribution in [1.29, 1.82) is 0 Å². The summed E-state index contributed by atoms with van der Waals surface area (Å²) in [6, 6.07) is 11.3. The summed E-state index contributed by atoms with van der Waals surface area (Å²) in [5, 5.41) is 9.38. The molecule has 0 saturated carbocycles. The van der Waals surface area contributed by atoms with Crippen LogP contribution in [-0.4, -0.2) is 44.1 Å². The minimum atomic E-state index is -0.192. The first kappa shape index (κ1) is 16.1. The summed E-state index contributed by atoms with van der Waals surface area (Å²) in [7, 11) is 3.61. The monoisotopic (exact) mass is 324 g/mol. The number of carbonyl (C=O) groups excluding carboxylic acids is 1. The van der Waals surface area contributed by atoms with Crippen LogP contribution in [0, 0.1) is 0 Å². The van der Waals surface area contributed by atoms with Gasteiger partial charge in [0.1, 0.15) is 5.52 Å². The fourth-order valence-electron chi connectivity index (χ4n) is 2.86. The van der Waals surface area contributed by atoms with Gasteiger partial charge in [0.2, 0.25) is 0 Å². The second-order valence-electron chi connectivity index (χ2n) is 5.78. The number of aliphatic hydroxyl groups is 1. The van der Waals surface area contributed by atoms with Crippen molar-refractivity contribution in [2.45, 2.75) is 12.5 Å². The summed E-state index contributed by atoms with van der Waals surface area (Å²) in [4.78, 5) is 23.1. The van der Waals surface area contributed by atoms with Crippen molar-refractivity contribution in [3.05, 3.63) is 60.0 Å². The SMILES string of the molecule is CN(C(=O)c1cnc2c(c1)ncn2C)C(CCO)c1ccccc1. The lowest BCUT2D eigenvalue weighted by Gasteiger charge is -2.28. The van der Waals surface area contributed by atoms with E-state index in [-0.39, 0.29) is 18.6 Å². The second-order valence-corrected chi connectivity index (χ2v) is 5.78. The zero-order chi connectivity index (χ0) is 17.1. The number of hydrogen-bond acceptors (Lipinski definition) is 4. The highest BCUT2D eigenvalue weighted by atomic mass is 16.3. The molecule has 6 heteroatoms. The van der Waals surface area contributed by atoms with Gasteiger partial charge in [-0.1, -0.05) is 30.3 Å². The van der Waals surface area contributed by atoms with Gasteiger partial charge in [-0.2, -0.15) is 0 Å². The third-order valence-corrected chi connectivity index (χ3v) is 4.17. The molecule has 124 valence electrons. The first-order valence-electron chi connectivity index (χ1n) is 7.82. The van der Waals surface area contributed by atoms with E-state index in [1.807, 2.05) is 41.9 Å². The summed E-state index contributed by atoms with van der Waals surface area (Å²) in [5.41, 5.74) is 2.91. The van der Waals surface area contributed by atoms with E-state index in [1.165, 1.54) is 0 Å². The molecular weight excluding hydrogens is 304 g/mol. The van der Waals surface area contributed by atoms with E-state index < -0.39 is 0 Å². The van der Waals surface area contributed by atoms with Crippen molar-refractivity contribution < 1.29 is 9.90 Å². The Morgan fingerprint density at radius 1 is 1.29 bits per heavy atom. The molecule has 1 atom stereocenters. The van der Waals surface area contributed by atoms with Gasteiger partial charge < -0.3 is 14.6 Å². The molecule has 0 saturated heterocycles. The van der Waals surface area contributed by atoms with Crippen LogP contribution in [0.25, 0.3) is 11.2 Å². The Hall–Kier alpha value is -2.73. The van der Waals surface area contributed by atoms with E-state index >= 15 is 0 Å². The van der Waals surface area contributed by atoms with Crippen LogP contribution >= 0.6 is 0 Å². The van der Waals surface area contributed by atoms with Crippen molar-refractivity contribution in [1.82, 2.24) is 19.4 Å². The Morgan fingerprint density at radius 2 is 2.04 bits per heavy atom. The molecule has 6 nitrogen and oxygen atoms in total. The van der Waals surface area contributed by atoms with Crippen LogP contribution in [0.4, 0.5) is 0 Å². The Balaban J connectivity index is 1.90. The van der Waals surface area contributed by atoms with Crippen LogP contribution in [0.1, 0.15) is 28.4 Å². The van der Waals surface area contributed by atoms with Crippen LogP contribution in [0.15, 0.2) is 48.9 Å². The molecule has 0 aliphatic carbocycles. The van der Waals surface area contributed by atoms with Gasteiger partial charge in [-0.3, -0.25) is 4.79 Å². The molecule has 0 aliphatic rings. The van der Waals surface area contributed by atoms with E-state index in [2.05, 4.69) is 9.97 Å². The number of fused-ring (bicyclic) bond motifs is 1. The molecule has 1 aromatic carbocycles. The number of imidazole rings is 1. The number of nitrogens with zero attached hydrogens (tertiary/aromatic N) is 4. The molecule has 1 N–H and O–H groups in total. The molecule has 1 unspecified atom stereocenters. The molecule has 3 rings (SSSR count). The zero-order valence-corrected chi connectivity index (χ0v) is 13.8. The van der Waals surface area contributed by atoms with Crippen molar-refractivity contribution >= 4 is 17.1 Å². The van der Waals surface area contributed by atoms with Gasteiger partial charge in [0.05, 0.1) is 17.9 Å². The van der Waals surface area contributed by atoms with E-state index in [4.69, 9.17) is 0 Å². The maximum atomic E-state index is 12.9. The number of amides is 1. The lowest BCUT2D eigenvalue weighted by atomic mass is 10.0. The van der Waals surface area contributed by atoms with Crippen molar-refractivity contribution in [2.75, 3.05) is 13.7 Å². The molecule has 1 amide bonds. The van der Waals surface area contributed by atoms with Gasteiger partial charge in [-0.25, -0.2) is 9.97 Å². The van der Waals surface area contributed by atoms with E-state index in [1.54, 1.807) is 30.5 Å². The minimum absolute atomic E-state index is 0.00864. The third-order valence-electron chi connectivity index (χ3n) is 4.17. The molecule has 0 fully saturated rings. The predicted molar refractivity (Wildman–Crippen MR) is 91.5 cm³/mol. The lowest BCUT2D eigenvalue weighted by Crippen LogP contribution is -2.32. The molecule has 0 aliphatic heterocycles. The summed E-state index contributed by atoms with van der Waals surface area (Å²) in [6.07, 6.45) is 3.73. The summed E-state index contributed by atoms with van der Waals surface area (Å²) >= 11 is 0. The normalized spacial score (nSPS) is 12.3. The van der Waals surface area contributed by atoms with Crippen LogP contribution < -0.4 is 0 Å². The number of hydrogen-bond donors (Lipinski definition) is 1. The number of aryl methyl sites for hydroxylation is 1. The highest BCUT2D eigenvalue weighted by Gasteiger charge is 2.23. The van der Waals surface area contributed by atoms with Gasteiger partial charge in [0.25, 0.3) is 5.91 Å². The van der Waals surface area contributed by atoms with E-state index in [0.29, 0.717) is 17.5 Å². The number of pyridine rings is 1. The quantitative estimate of drug-likeness (QED) is 0.781. The fraction of sp³-hybridized carbons (Fsp3) is 0.278. The number of aliphatic hydroxyl groups excluding tert-OH is 1. The van der Waals surface area contributed by atoms with Gasteiger partial charge in [0, 0.05) is 26.9 Å². The number of rotatable bonds is 5. The molecule has 0 radical (unpaired) electrons. The molecular formula is C18H20N4O2. The summed E-state index contributed by atoms with van der Waals surface area (Å²) in [5.74, 6) is -0.141. The molecule has 2 aromatic heterocycles. The highest BCUT2D eigenvalue weighted by Crippen LogP contribution is 2.24. The maximum absolute atomic E-state index is 12.9. The van der Waals surface area contributed by atoms with Crippen LogP contribution in [0.5, 0.6) is 0 Å². The van der Waals surface area contributed by atoms with Crippen LogP contribution in [0.3, 0.4) is 0 Å². The molecule has 0 spiro atoms. The standard InChI is InChI=1S/C18H20N4O2/c1-21-12-20-15-10-14(11-19-17(15)21)18(24)22(2)16(8-9-23)13-6-4-3-5-7-13/h3-7,10-12,16,23H,8-9H2,1-2H3. The minimum Gasteiger partial charge on any atom is -0.396 e. The Kier molecular flexibility index (Phi) is 4.57. The van der Waals surface area contributed by atoms with Gasteiger partial charge in [-0.15, -0.1) is 0 Å². The Bertz CT molecular complexity index is 845. The first-order valence-corrected chi connectivity index (χ1v) is 7.82. The fourth-order valence-corrected chi connectivity index (χ4v) is 2.86. The average Bonchev–Trinajstić information content (AvgIpc) is 2.99. The van der Waals surface area contributed by atoms with Crippen LogP contribution in [-0.2, 0) is 7.05 Å². The predicted octanol–water partition coefficient (Wildman–Crippen LogP) is 2.16. The number of aromatic nitrogens is 3. The van der Waals surface area contributed by atoms with E-state index in [9.17, 15) is 9.90 Å². The van der Waals surface area contributed by atoms with Gasteiger partial charge in [-0.05, 0) is 18.1 Å². The molecule has 24 heavy (non-hydrogen) atoms. The van der Waals surface area contributed by atoms with Crippen molar-refractivity contribution in [2.24, 2.45) is 7.05 Å². The Morgan fingerprint density at radius 3 is 2.75 bits per heavy atom. The molecule has 2 heterocycles. The van der Waals surface area contributed by atoms with Crippen LogP contribution in [0.2, 0.25) is 0 Å². The summed E-state index contributed by atoms with van der Waals surface area (Å²) < 4.78 is 1.81. The van der Waals surface area contributed by atoms with Gasteiger partial charge >= 0.3 is 0 Å². The third kappa shape index (κ3) is 3.00. The number of benzene rings is 1. The van der Waals surface area contributed by atoms with Gasteiger partial charge in [0.15, 0.2) is 5.65 Å². The van der Waals surface area contributed by atoms with Crippen molar-refractivity contribution in [3.63, 3.8) is 0 Å². The topological polar surface area (TPSA) is 71.2 Å². The lowest BCUT2D eigenvalue weighted by molar-refractivity contribution is 0.0705. The highest BCUT2D eigenvalue weighted by molar-refractivity contribution is 5.96. The molecule has 3 aromatic rings. The zero-order valence-electron chi connectivity index (χ0n) is 13.8. The Labute approximate surface area is 140 Å². The maximum Gasteiger partial charge on any atom is 0.255 e. The summed E-state index contributed by atoms with van der Waals surface area (Å²) in [6.45, 7) is 0.00864. The largest absolute Gasteiger partial charge is 0.396 e. The number of carbonyl (C=O) groups is 1.